The maximum absolute atomic E-state index is 14.0. The highest BCUT2D eigenvalue weighted by Gasteiger charge is 2.48. The zero-order valence-corrected chi connectivity index (χ0v) is 29.1. The smallest absolute Gasteiger partial charge is 0.335 e. The fraction of sp³-hybridized carbons (Fsp3) is 0.406. The summed E-state index contributed by atoms with van der Waals surface area (Å²) in [7, 11) is 0.515. The van der Waals surface area contributed by atoms with Crippen molar-refractivity contribution in [2.75, 3.05) is 33.5 Å². The van der Waals surface area contributed by atoms with Crippen LogP contribution < -0.4 is 19.2 Å². The van der Waals surface area contributed by atoms with Crippen molar-refractivity contribution in [1.82, 2.24) is 9.21 Å². The van der Waals surface area contributed by atoms with Gasteiger partial charge in [0.1, 0.15) is 16.1 Å². The number of nitrogens with zero attached hydrogens (tertiary/aromatic N) is 2. The van der Waals surface area contributed by atoms with Gasteiger partial charge in [-0.1, -0.05) is 29.3 Å². The number of ether oxygens (including phenoxy) is 4. The Morgan fingerprint density at radius 1 is 1.11 bits per heavy atom. The molecule has 1 aliphatic carbocycles. The van der Waals surface area contributed by atoms with Crippen LogP contribution in [0.5, 0.6) is 17.2 Å². The summed E-state index contributed by atoms with van der Waals surface area (Å²) in [4.78, 5) is 30.7. The van der Waals surface area contributed by atoms with E-state index in [0.717, 1.165) is 28.9 Å². The van der Waals surface area contributed by atoms with Crippen LogP contribution >= 0.6 is 35.0 Å². The number of carbonyl (C=O) groups excluding carboxylic acids is 2. The molecule has 1 aromatic heterocycles. The van der Waals surface area contributed by atoms with Crippen molar-refractivity contribution in [1.29, 1.82) is 0 Å². The standard InChI is InChI=1S/C32H33Cl2N3O8S2/c1-36(2)29(38)19-7-6-8-20(15-19)47(40,41)37-13-14-46-30(37)31(39)43-26(16-22-23(33)17-35-18-24(22)34)21-9-10-25(42-3)28-27(21)44-32(45-28)11-4-5-12-32/h6-10,15,17-18,26,30H,4-5,11-14,16H2,1-3H3/p+1/t26-,30-/m0/s1. The summed E-state index contributed by atoms with van der Waals surface area (Å²) in [6.07, 6.45) is 5.46. The molecule has 3 aliphatic rings. The van der Waals surface area contributed by atoms with E-state index in [9.17, 15) is 18.0 Å². The van der Waals surface area contributed by atoms with E-state index in [1.165, 1.54) is 30.2 Å². The van der Waals surface area contributed by atoms with E-state index in [0.29, 0.717) is 57.0 Å². The van der Waals surface area contributed by atoms with E-state index >= 15 is 0 Å². The molecule has 47 heavy (non-hydrogen) atoms. The molecule has 15 heteroatoms. The van der Waals surface area contributed by atoms with Gasteiger partial charge in [0.15, 0.2) is 29.3 Å². The molecule has 0 unspecified atom stereocenters. The number of sulfonamides is 1. The Kier molecular flexibility index (Phi) is 9.56. The maximum atomic E-state index is 14.0. The lowest BCUT2D eigenvalue weighted by Gasteiger charge is -2.26. The van der Waals surface area contributed by atoms with Crippen LogP contribution in [0.25, 0.3) is 0 Å². The van der Waals surface area contributed by atoms with Crippen LogP contribution in [0.1, 0.15) is 53.3 Å². The number of benzene rings is 2. The summed E-state index contributed by atoms with van der Waals surface area (Å²) < 4.78 is 53.5. The number of fused-ring (bicyclic) bond motifs is 1. The molecule has 1 spiro atoms. The van der Waals surface area contributed by atoms with Gasteiger partial charge in [0.25, 0.3) is 11.7 Å². The van der Waals surface area contributed by atoms with E-state index < -0.39 is 33.3 Å². The maximum Gasteiger partial charge on any atom is 0.335 e. The van der Waals surface area contributed by atoms with Gasteiger partial charge in [0, 0.05) is 62.3 Å². The molecule has 2 aromatic carbocycles. The molecule has 2 aliphatic heterocycles. The molecule has 11 nitrogen and oxygen atoms in total. The largest absolute Gasteiger partial charge is 0.493 e. The number of rotatable bonds is 9. The number of halogens is 2. The molecule has 3 heterocycles. The summed E-state index contributed by atoms with van der Waals surface area (Å²) in [5.41, 5.74) is 1.24. The van der Waals surface area contributed by atoms with E-state index in [2.05, 4.69) is 4.98 Å². The van der Waals surface area contributed by atoms with Gasteiger partial charge in [-0.15, -0.1) is 11.8 Å². The Morgan fingerprint density at radius 3 is 2.49 bits per heavy atom. The molecule has 1 saturated heterocycles. The number of hydrogen-bond donors (Lipinski definition) is 0. The third-order valence-corrected chi connectivity index (χ3v) is 12.3. The number of hydrogen-bond acceptors (Lipinski definition) is 9. The van der Waals surface area contributed by atoms with E-state index in [4.69, 9.17) is 42.1 Å². The molecule has 2 fully saturated rings. The monoisotopic (exact) mass is 722 g/mol. The lowest BCUT2D eigenvalue weighted by molar-refractivity contribution is -0.377. The lowest BCUT2D eigenvalue weighted by Crippen LogP contribution is -2.41. The molecular weight excluding hydrogens is 689 g/mol. The van der Waals surface area contributed by atoms with Crippen molar-refractivity contribution in [2.24, 2.45) is 0 Å². The van der Waals surface area contributed by atoms with Crippen LogP contribution in [-0.2, 0) is 26.0 Å². The minimum absolute atomic E-state index is 0.0616. The number of methoxy groups -OCH3 is 1. The number of aromatic amines is 1. The van der Waals surface area contributed by atoms with Crippen LogP contribution in [0.3, 0.4) is 0 Å². The van der Waals surface area contributed by atoms with Crippen LogP contribution in [0.4, 0.5) is 0 Å². The average Bonchev–Trinajstić information content (AvgIpc) is 3.82. The molecule has 0 radical (unpaired) electrons. The second-order valence-corrected chi connectivity index (χ2v) is 15.6. The topological polar surface area (TPSA) is 126 Å². The number of amides is 1. The second-order valence-electron chi connectivity index (χ2n) is 11.7. The summed E-state index contributed by atoms with van der Waals surface area (Å²) in [6.45, 7) is 0.0763. The summed E-state index contributed by atoms with van der Waals surface area (Å²) >= 11 is 14.2. The van der Waals surface area contributed by atoms with E-state index in [1.54, 1.807) is 44.7 Å². The van der Waals surface area contributed by atoms with Crippen LogP contribution in [-0.4, -0.2) is 74.2 Å². The Hall–Kier alpha value is -3.23. The first kappa shape index (κ1) is 33.7. The van der Waals surface area contributed by atoms with Gasteiger partial charge in [-0.3, -0.25) is 4.79 Å². The number of thioether (sulfide) groups is 1. The van der Waals surface area contributed by atoms with Crippen molar-refractivity contribution < 1.29 is 41.9 Å². The number of esters is 1. The van der Waals surface area contributed by atoms with Gasteiger partial charge in [-0.2, -0.15) is 4.31 Å². The van der Waals surface area contributed by atoms with Crippen molar-refractivity contribution in [3.05, 3.63) is 75.5 Å². The Labute approximate surface area is 287 Å². The summed E-state index contributed by atoms with van der Waals surface area (Å²) in [5, 5.41) is -0.519. The average molecular weight is 724 g/mol. The van der Waals surface area contributed by atoms with Crippen molar-refractivity contribution in [2.45, 2.75) is 54.3 Å². The number of nitrogens with one attached hydrogen (secondary N) is 1. The minimum Gasteiger partial charge on any atom is -0.493 e. The third kappa shape index (κ3) is 6.48. The van der Waals surface area contributed by atoms with Crippen molar-refractivity contribution >= 4 is 56.9 Å². The zero-order chi connectivity index (χ0) is 33.5. The van der Waals surface area contributed by atoms with Crippen LogP contribution in [0.2, 0.25) is 10.0 Å². The first-order valence-electron chi connectivity index (χ1n) is 15.0. The molecular formula is C32H34Cl2N3O8S2+. The van der Waals surface area contributed by atoms with E-state index in [-0.39, 0.29) is 29.3 Å². The zero-order valence-electron chi connectivity index (χ0n) is 26.0. The van der Waals surface area contributed by atoms with Crippen LogP contribution in [0, 0.1) is 0 Å². The highest BCUT2D eigenvalue weighted by atomic mass is 35.5. The van der Waals surface area contributed by atoms with Gasteiger partial charge in [-0.05, 0) is 43.2 Å². The first-order chi connectivity index (χ1) is 22.4. The number of pyridine rings is 1. The van der Waals surface area contributed by atoms with Gasteiger partial charge in [0.2, 0.25) is 15.8 Å². The Morgan fingerprint density at radius 2 is 1.81 bits per heavy atom. The predicted octanol–water partition coefficient (Wildman–Crippen LogP) is 5.15. The van der Waals surface area contributed by atoms with Gasteiger partial charge < -0.3 is 23.8 Å². The van der Waals surface area contributed by atoms with Crippen molar-refractivity contribution in [3.63, 3.8) is 0 Å². The van der Waals surface area contributed by atoms with E-state index in [1.807, 2.05) is 0 Å². The quantitative estimate of drug-likeness (QED) is 0.276. The Balaban J connectivity index is 1.35. The molecule has 6 rings (SSSR count). The van der Waals surface area contributed by atoms with Gasteiger partial charge in [-0.25, -0.2) is 18.2 Å². The number of aromatic nitrogens is 1. The highest BCUT2D eigenvalue weighted by Crippen LogP contribution is 2.54. The molecule has 250 valence electrons. The number of H-pyrrole nitrogens is 1. The molecule has 2 atom stereocenters. The molecule has 1 saturated carbocycles. The molecule has 3 aromatic rings. The minimum atomic E-state index is -4.19. The van der Waals surface area contributed by atoms with Crippen LogP contribution in [0.15, 0.2) is 53.7 Å². The second kappa shape index (κ2) is 13.3. The lowest BCUT2D eigenvalue weighted by atomic mass is 10.00. The molecule has 1 N–H and O–H groups in total. The normalized spacial score (nSPS) is 19.1. The fourth-order valence-electron chi connectivity index (χ4n) is 6.03. The third-order valence-electron chi connectivity index (χ3n) is 8.40. The van der Waals surface area contributed by atoms with Gasteiger partial charge >= 0.3 is 5.97 Å². The predicted molar refractivity (Wildman–Crippen MR) is 176 cm³/mol. The first-order valence-corrected chi connectivity index (χ1v) is 18.3. The van der Waals surface area contributed by atoms with Gasteiger partial charge in [0.05, 0.1) is 12.0 Å². The molecule has 1 amide bonds. The Bertz CT molecular complexity index is 1800. The fourth-order valence-corrected chi connectivity index (χ4v) is 9.65. The van der Waals surface area contributed by atoms with Crippen molar-refractivity contribution in [3.8, 4) is 17.2 Å². The summed E-state index contributed by atoms with van der Waals surface area (Å²) in [6, 6.07) is 9.24. The summed E-state index contributed by atoms with van der Waals surface area (Å²) in [5.74, 6) is -0.305. The number of carbonyl (C=O) groups is 2. The highest BCUT2D eigenvalue weighted by molar-refractivity contribution is 8.02. The SMILES string of the molecule is COc1ccc([C@H](Cc2c(Cl)c[nH+]cc2Cl)OC(=O)[C@@H]2SCCN2S(=O)(=O)c2cccc(C(=O)N(C)C)c2)c2c1OC1(CCCC1)O2. The molecule has 0 bridgehead atoms.